The highest BCUT2D eigenvalue weighted by Crippen LogP contribution is 2.25. The summed E-state index contributed by atoms with van der Waals surface area (Å²) in [6.07, 6.45) is 0. The Hall–Kier alpha value is -0.470. The van der Waals surface area contributed by atoms with Crippen molar-refractivity contribution in [3.8, 4) is 0 Å². The molecule has 0 unspecified atom stereocenters. The maximum absolute atomic E-state index is 12.5. The first-order chi connectivity index (χ1) is 9.43. The second kappa shape index (κ2) is 6.53. The summed E-state index contributed by atoms with van der Waals surface area (Å²) in [7, 11) is -3.33. The summed E-state index contributed by atoms with van der Waals surface area (Å²) >= 11 is 1.28. The van der Waals surface area contributed by atoms with Gasteiger partial charge < -0.3 is 10.6 Å². The highest BCUT2D eigenvalue weighted by molar-refractivity contribution is 7.91. The molecule has 0 saturated carbocycles. The van der Waals surface area contributed by atoms with Gasteiger partial charge in [-0.2, -0.15) is 4.31 Å². The third kappa shape index (κ3) is 3.59. The van der Waals surface area contributed by atoms with Crippen molar-refractivity contribution < 1.29 is 8.42 Å². The van der Waals surface area contributed by atoms with Gasteiger partial charge in [0.15, 0.2) is 0 Å². The van der Waals surface area contributed by atoms with E-state index in [0.29, 0.717) is 29.8 Å². The number of thiophene rings is 1. The Morgan fingerprint density at radius 1 is 1.25 bits per heavy atom. The monoisotopic (exact) mass is 317 g/mol. The maximum atomic E-state index is 12.5. The summed E-state index contributed by atoms with van der Waals surface area (Å²) in [5.41, 5.74) is 5.54. The Morgan fingerprint density at radius 3 is 2.40 bits per heavy atom. The fraction of sp³-hybridized carbons (Fsp3) is 0.692. The molecule has 2 rings (SSSR count). The van der Waals surface area contributed by atoms with E-state index in [2.05, 4.69) is 18.7 Å². The number of piperazine rings is 1. The third-order valence-electron chi connectivity index (χ3n) is 3.39. The van der Waals surface area contributed by atoms with Gasteiger partial charge in [-0.3, -0.25) is 0 Å². The molecule has 1 aromatic rings. The maximum Gasteiger partial charge on any atom is 0.252 e. The molecule has 0 atom stereocenters. The standard InChI is InChI=1S/C13H23N3O2S2/c1-11(2)10-15-5-7-16(8-6-15)20(17,18)13-4-3-12(9-14)19-13/h3-4,11H,5-10,14H2,1-2H3. The molecule has 5 nitrogen and oxygen atoms in total. The molecule has 1 fully saturated rings. The van der Waals surface area contributed by atoms with Gasteiger partial charge in [0.05, 0.1) is 0 Å². The van der Waals surface area contributed by atoms with E-state index in [9.17, 15) is 8.42 Å². The lowest BCUT2D eigenvalue weighted by Crippen LogP contribution is -2.49. The minimum absolute atomic E-state index is 0.391. The predicted molar refractivity (Wildman–Crippen MR) is 82.2 cm³/mol. The molecule has 1 aliphatic heterocycles. The normalized spacial score (nSPS) is 18.8. The fourth-order valence-electron chi connectivity index (χ4n) is 2.40. The summed E-state index contributed by atoms with van der Waals surface area (Å²) in [5.74, 6) is 0.613. The molecule has 1 saturated heterocycles. The van der Waals surface area contributed by atoms with Crippen molar-refractivity contribution in [2.45, 2.75) is 24.6 Å². The Kier molecular flexibility index (Phi) is 5.19. The predicted octanol–water partition coefficient (Wildman–Crippen LogP) is 1.17. The molecule has 0 bridgehead atoms. The van der Waals surface area contributed by atoms with Crippen molar-refractivity contribution in [2.75, 3.05) is 32.7 Å². The van der Waals surface area contributed by atoms with Crippen LogP contribution in [0.1, 0.15) is 18.7 Å². The molecule has 1 aromatic heterocycles. The van der Waals surface area contributed by atoms with Crippen LogP contribution in [0.2, 0.25) is 0 Å². The highest BCUT2D eigenvalue weighted by Gasteiger charge is 2.29. The van der Waals surface area contributed by atoms with Crippen molar-refractivity contribution in [1.82, 2.24) is 9.21 Å². The van der Waals surface area contributed by atoms with Gasteiger partial charge in [0.1, 0.15) is 4.21 Å². The van der Waals surface area contributed by atoms with E-state index in [4.69, 9.17) is 5.73 Å². The largest absolute Gasteiger partial charge is 0.326 e. The number of rotatable bonds is 5. The van der Waals surface area contributed by atoms with Crippen LogP contribution >= 0.6 is 11.3 Å². The SMILES string of the molecule is CC(C)CN1CCN(S(=O)(=O)c2ccc(CN)s2)CC1. The summed E-state index contributed by atoms with van der Waals surface area (Å²) in [4.78, 5) is 3.23. The van der Waals surface area contributed by atoms with E-state index >= 15 is 0 Å². The number of sulfonamides is 1. The van der Waals surface area contributed by atoms with E-state index in [-0.39, 0.29) is 0 Å². The lowest BCUT2D eigenvalue weighted by molar-refractivity contribution is 0.172. The molecule has 0 aromatic carbocycles. The van der Waals surface area contributed by atoms with Crippen LogP contribution < -0.4 is 5.73 Å². The molecule has 0 amide bonds. The summed E-state index contributed by atoms with van der Waals surface area (Å²) in [6, 6.07) is 3.47. The first-order valence-corrected chi connectivity index (χ1v) is 9.20. The quantitative estimate of drug-likeness (QED) is 0.885. The van der Waals surface area contributed by atoms with Crippen LogP contribution in [0.4, 0.5) is 0 Å². The topological polar surface area (TPSA) is 66.6 Å². The van der Waals surface area contributed by atoms with Crippen LogP contribution in [0.3, 0.4) is 0 Å². The first kappa shape index (κ1) is 15.9. The second-order valence-electron chi connectivity index (χ2n) is 5.52. The zero-order valence-corrected chi connectivity index (χ0v) is 13.7. The van der Waals surface area contributed by atoms with Gasteiger partial charge in [-0.05, 0) is 18.1 Å². The van der Waals surface area contributed by atoms with Crippen LogP contribution in [-0.4, -0.2) is 50.3 Å². The van der Waals surface area contributed by atoms with Gasteiger partial charge in [0, 0.05) is 44.1 Å². The number of nitrogens with two attached hydrogens (primary N) is 1. The Balaban J connectivity index is 2.02. The van der Waals surface area contributed by atoms with Crippen LogP contribution in [0.15, 0.2) is 16.3 Å². The van der Waals surface area contributed by atoms with Crippen LogP contribution in [0.25, 0.3) is 0 Å². The summed E-state index contributed by atoms with van der Waals surface area (Å²) < 4.78 is 27.1. The van der Waals surface area contributed by atoms with E-state index < -0.39 is 10.0 Å². The molecule has 0 spiro atoms. The third-order valence-corrected chi connectivity index (χ3v) is 6.86. The average Bonchev–Trinajstić information content (AvgIpc) is 2.88. The molecule has 0 aliphatic carbocycles. The van der Waals surface area contributed by atoms with Crippen molar-refractivity contribution in [3.05, 3.63) is 17.0 Å². The van der Waals surface area contributed by atoms with Gasteiger partial charge in [-0.1, -0.05) is 13.8 Å². The minimum atomic E-state index is -3.33. The lowest BCUT2D eigenvalue weighted by Gasteiger charge is -2.34. The van der Waals surface area contributed by atoms with Crippen molar-refractivity contribution in [2.24, 2.45) is 11.7 Å². The van der Waals surface area contributed by atoms with Crippen LogP contribution in [0.5, 0.6) is 0 Å². The zero-order valence-electron chi connectivity index (χ0n) is 12.1. The Bertz CT molecular complexity index is 532. The highest BCUT2D eigenvalue weighted by atomic mass is 32.2. The van der Waals surface area contributed by atoms with E-state index in [1.807, 2.05) is 0 Å². The average molecular weight is 317 g/mol. The smallest absolute Gasteiger partial charge is 0.252 e. The fourth-order valence-corrected chi connectivity index (χ4v) is 5.21. The van der Waals surface area contributed by atoms with Gasteiger partial charge in [-0.25, -0.2) is 8.42 Å². The van der Waals surface area contributed by atoms with E-state index in [0.717, 1.165) is 24.5 Å². The summed E-state index contributed by atoms with van der Waals surface area (Å²) in [5, 5.41) is 0. The molecular weight excluding hydrogens is 294 g/mol. The Morgan fingerprint density at radius 2 is 1.90 bits per heavy atom. The molecule has 114 valence electrons. The lowest BCUT2D eigenvalue weighted by atomic mass is 10.2. The van der Waals surface area contributed by atoms with Crippen molar-refractivity contribution in [1.29, 1.82) is 0 Å². The molecule has 1 aliphatic rings. The van der Waals surface area contributed by atoms with Crippen molar-refractivity contribution in [3.63, 3.8) is 0 Å². The van der Waals surface area contributed by atoms with Crippen molar-refractivity contribution >= 4 is 21.4 Å². The first-order valence-electron chi connectivity index (χ1n) is 6.94. The van der Waals surface area contributed by atoms with Gasteiger partial charge in [0.25, 0.3) is 10.0 Å². The molecule has 7 heteroatoms. The van der Waals surface area contributed by atoms with Gasteiger partial charge in [0.2, 0.25) is 0 Å². The molecule has 0 radical (unpaired) electrons. The van der Waals surface area contributed by atoms with Gasteiger partial charge >= 0.3 is 0 Å². The van der Waals surface area contributed by atoms with Crippen LogP contribution in [0, 0.1) is 5.92 Å². The minimum Gasteiger partial charge on any atom is -0.326 e. The second-order valence-corrected chi connectivity index (χ2v) is 8.86. The molecule has 20 heavy (non-hydrogen) atoms. The Labute approximate surface area is 125 Å². The van der Waals surface area contributed by atoms with Crippen LogP contribution in [-0.2, 0) is 16.6 Å². The number of hydrogen-bond acceptors (Lipinski definition) is 5. The number of nitrogens with zero attached hydrogens (tertiary/aromatic N) is 2. The molecular formula is C13H23N3O2S2. The van der Waals surface area contributed by atoms with E-state index in [1.54, 1.807) is 16.4 Å². The van der Waals surface area contributed by atoms with E-state index in [1.165, 1.54) is 11.3 Å². The zero-order chi connectivity index (χ0) is 14.8. The molecule has 2 heterocycles. The van der Waals surface area contributed by atoms with Gasteiger partial charge in [-0.15, -0.1) is 11.3 Å². The molecule has 2 N–H and O–H groups in total. The summed E-state index contributed by atoms with van der Waals surface area (Å²) in [6.45, 7) is 8.56. The number of hydrogen-bond donors (Lipinski definition) is 1.